The Morgan fingerprint density at radius 1 is 0.366 bits per heavy atom. The lowest BCUT2D eigenvalue weighted by molar-refractivity contribution is 0.326. The Bertz CT molecular complexity index is 3600. The number of fused-ring (bicyclic) bond motifs is 9. The molecule has 0 radical (unpaired) electrons. The number of aromatic nitrogens is 3. The van der Waals surface area contributed by atoms with Crippen LogP contribution in [0.5, 0.6) is 0 Å². The predicted octanol–water partition coefficient (Wildman–Crippen LogP) is 16.5. The van der Waals surface area contributed by atoms with Gasteiger partial charge in [0.25, 0.3) is 0 Å². The highest BCUT2D eigenvalue weighted by Crippen LogP contribution is 2.67. The van der Waals surface area contributed by atoms with Gasteiger partial charge in [-0.15, -0.1) is 0 Å². The van der Waals surface area contributed by atoms with Crippen LogP contribution in [0.3, 0.4) is 0 Å². The number of nitrogens with zero attached hydrogens (tertiary/aromatic N) is 3. The third-order valence-electron chi connectivity index (χ3n) is 16.2. The van der Waals surface area contributed by atoms with Gasteiger partial charge in [0.1, 0.15) is 0 Å². The number of rotatable bonds is 7. The van der Waals surface area contributed by atoms with E-state index in [9.17, 15) is 0 Å². The lowest BCUT2D eigenvalue weighted by Gasteiger charge is -2.50. The van der Waals surface area contributed by atoms with Crippen LogP contribution in [0.2, 0.25) is 0 Å². The van der Waals surface area contributed by atoms with Crippen molar-refractivity contribution in [3.05, 3.63) is 282 Å². The average molecular weight is 912 g/mol. The van der Waals surface area contributed by atoms with Crippen LogP contribution < -0.4 is 0 Å². The fraction of sp³-hybridized carbons (Fsp3) is 0.132. The van der Waals surface area contributed by atoms with Crippen molar-refractivity contribution in [3.8, 4) is 67.5 Å². The summed E-state index contributed by atoms with van der Waals surface area (Å²) in [6, 6.07) is 84.0. The van der Waals surface area contributed by atoms with Gasteiger partial charge in [0.05, 0.1) is 5.41 Å². The van der Waals surface area contributed by atoms with Crippen molar-refractivity contribution in [2.45, 2.75) is 49.4 Å². The molecule has 3 unspecified atom stereocenters. The predicted molar refractivity (Wildman–Crippen MR) is 291 cm³/mol. The highest BCUT2D eigenvalue weighted by molar-refractivity contribution is 5.78. The average Bonchev–Trinajstić information content (AvgIpc) is 3.73. The summed E-state index contributed by atoms with van der Waals surface area (Å²) >= 11 is 0. The van der Waals surface area contributed by atoms with Crippen LogP contribution in [0.25, 0.3) is 67.5 Å². The van der Waals surface area contributed by atoms with Crippen LogP contribution in [-0.4, -0.2) is 15.0 Å². The SMILES string of the molecule is CC1(c2ccc(-c3cccc(-c4ccccc4)c3)cc2)C=CC2C(C1)c1c(-c3nc(-c4ccccc4)nc(-c4ccc(-c5ccccc5)cc4)n3)cccc1C21c2ccccc2C(C)(C)c2ccccc21. The Hall–Kier alpha value is -8.27. The fourth-order valence-electron chi connectivity index (χ4n) is 12.7. The van der Waals surface area contributed by atoms with E-state index in [1.165, 1.54) is 66.8 Å². The molecule has 1 spiro atoms. The first-order chi connectivity index (χ1) is 34.8. The van der Waals surface area contributed by atoms with Crippen LogP contribution in [-0.2, 0) is 16.2 Å². The first-order valence-electron chi connectivity index (χ1n) is 25.1. The quantitative estimate of drug-likeness (QED) is 0.150. The standard InChI is InChI=1S/C68H53N3/c1-66(2)57-28-13-15-30-59(57)68(60-31-16-14-29-58(60)66)56-41-42-67(3,53-39-37-48(38-40-53)52-26-17-25-51(43-52)46-21-9-5-10-22-46)44-55(56)62-54(27-18-32-61(62)68)65-70-63(49-23-11-6-12-24-49)69-64(71-65)50-35-33-47(34-36-50)45-19-7-4-8-20-45/h4-43,55-56H,44H2,1-3H3. The first kappa shape index (κ1) is 42.8. The van der Waals surface area contributed by atoms with Gasteiger partial charge >= 0.3 is 0 Å². The number of allylic oxidation sites excluding steroid dienone is 2. The van der Waals surface area contributed by atoms with Crippen LogP contribution in [0, 0.1) is 5.92 Å². The molecule has 0 saturated carbocycles. The third kappa shape index (κ3) is 6.89. The lowest BCUT2D eigenvalue weighted by Crippen LogP contribution is -2.45. The summed E-state index contributed by atoms with van der Waals surface area (Å²) in [6.45, 7) is 7.25. The zero-order chi connectivity index (χ0) is 47.7. The van der Waals surface area contributed by atoms with E-state index in [-0.39, 0.29) is 22.7 Å². The molecule has 3 aliphatic rings. The van der Waals surface area contributed by atoms with E-state index in [0.29, 0.717) is 17.5 Å². The highest BCUT2D eigenvalue weighted by atomic mass is 15.0. The smallest absolute Gasteiger partial charge is 0.164 e. The fourth-order valence-corrected chi connectivity index (χ4v) is 12.7. The van der Waals surface area contributed by atoms with Gasteiger partial charge in [-0.3, -0.25) is 0 Å². The Kier molecular flexibility index (Phi) is 10.1. The summed E-state index contributed by atoms with van der Waals surface area (Å²) in [4.78, 5) is 16.1. The molecule has 9 aromatic carbocycles. The Labute approximate surface area is 417 Å². The summed E-state index contributed by atoms with van der Waals surface area (Å²) in [6.07, 6.45) is 6.07. The zero-order valence-electron chi connectivity index (χ0n) is 40.3. The van der Waals surface area contributed by atoms with E-state index in [2.05, 4.69) is 257 Å². The van der Waals surface area contributed by atoms with E-state index >= 15 is 0 Å². The summed E-state index contributed by atoms with van der Waals surface area (Å²) in [5.41, 5.74) is 18.9. The molecule has 13 rings (SSSR count). The molecule has 3 nitrogen and oxygen atoms in total. The molecule has 0 aliphatic heterocycles. The van der Waals surface area contributed by atoms with Gasteiger partial charge < -0.3 is 0 Å². The second-order valence-electron chi connectivity index (χ2n) is 20.5. The molecule has 3 atom stereocenters. The molecule has 0 N–H and O–H groups in total. The van der Waals surface area contributed by atoms with Gasteiger partial charge in [0.2, 0.25) is 0 Å². The van der Waals surface area contributed by atoms with Crippen molar-refractivity contribution in [3.63, 3.8) is 0 Å². The van der Waals surface area contributed by atoms with Crippen LogP contribution in [0.1, 0.15) is 72.1 Å². The third-order valence-corrected chi connectivity index (χ3v) is 16.2. The summed E-state index contributed by atoms with van der Waals surface area (Å²) in [5, 5.41) is 0. The van der Waals surface area contributed by atoms with E-state index in [1.807, 2.05) is 6.07 Å². The van der Waals surface area contributed by atoms with Crippen molar-refractivity contribution >= 4 is 0 Å². The van der Waals surface area contributed by atoms with E-state index in [4.69, 9.17) is 15.0 Å². The van der Waals surface area contributed by atoms with Crippen molar-refractivity contribution < 1.29 is 0 Å². The van der Waals surface area contributed by atoms with Gasteiger partial charge in [0, 0.05) is 33.4 Å². The van der Waals surface area contributed by atoms with E-state index < -0.39 is 5.41 Å². The minimum Gasteiger partial charge on any atom is -0.208 e. The monoisotopic (exact) mass is 911 g/mol. The molecule has 0 fully saturated rings. The Balaban J connectivity index is 0.994. The molecular weight excluding hydrogens is 859 g/mol. The maximum absolute atomic E-state index is 5.48. The van der Waals surface area contributed by atoms with Crippen molar-refractivity contribution in [2.24, 2.45) is 5.92 Å². The summed E-state index contributed by atoms with van der Waals surface area (Å²) in [5.74, 6) is 2.28. The van der Waals surface area contributed by atoms with Gasteiger partial charge in [0.15, 0.2) is 17.5 Å². The normalized spacial score (nSPS) is 18.8. The van der Waals surface area contributed by atoms with Crippen molar-refractivity contribution in [1.82, 2.24) is 15.0 Å². The van der Waals surface area contributed by atoms with E-state index in [1.54, 1.807) is 0 Å². The van der Waals surface area contributed by atoms with Gasteiger partial charge in [-0.2, -0.15) is 0 Å². The lowest BCUT2D eigenvalue weighted by atomic mass is 9.52. The van der Waals surface area contributed by atoms with Gasteiger partial charge in [-0.05, 0) is 90.7 Å². The topological polar surface area (TPSA) is 38.7 Å². The van der Waals surface area contributed by atoms with Crippen molar-refractivity contribution in [2.75, 3.05) is 0 Å². The number of benzene rings is 9. The molecule has 1 aromatic heterocycles. The van der Waals surface area contributed by atoms with Crippen LogP contribution in [0.4, 0.5) is 0 Å². The van der Waals surface area contributed by atoms with E-state index in [0.717, 1.165) is 28.7 Å². The maximum atomic E-state index is 5.48. The molecule has 10 aromatic rings. The molecule has 0 amide bonds. The minimum absolute atomic E-state index is 0.130. The maximum Gasteiger partial charge on any atom is 0.164 e. The number of hydrogen-bond donors (Lipinski definition) is 0. The molecule has 340 valence electrons. The second kappa shape index (κ2) is 16.7. The minimum atomic E-state index is -0.449. The molecular formula is C68H53N3. The largest absolute Gasteiger partial charge is 0.208 e. The molecule has 0 bridgehead atoms. The van der Waals surface area contributed by atoms with Crippen LogP contribution in [0.15, 0.2) is 243 Å². The zero-order valence-corrected chi connectivity index (χ0v) is 40.3. The van der Waals surface area contributed by atoms with Crippen molar-refractivity contribution in [1.29, 1.82) is 0 Å². The molecule has 3 heteroatoms. The number of hydrogen-bond acceptors (Lipinski definition) is 3. The molecule has 1 heterocycles. The molecule has 0 saturated heterocycles. The first-order valence-corrected chi connectivity index (χ1v) is 25.1. The highest BCUT2D eigenvalue weighted by Gasteiger charge is 2.60. The molecule has 3 aliphatic carbocycles. The molecule has 71 heavy (non-hydrogen) atoms. The van der Waals surface area contributed by atoms with Gasteiger partial charge in [-0.1, -0.05) is 257 Å². The van der Waals surface area contributed by atoms with Crippen LogP contribution >= 0.6 is 0 Å². The Morgan fingerprint density at radius 2 is 0.775 bits per heavy atom. The Morgan fingerprint density at radius 3 is 1.37 bits per heavy atom. The second-order valence-corrected chi connectivity index (χ2v) is 20.5. The summed E-state index contributed by atoms with van der Waals surface area (Å²) in [7, 11) is 0. The van der Waals surface area contributed by atoms with Gasteiger partial charge in [-0.25, -0.2) is 15.0 Å². The summed E-state index contributed by atoms with van der Waals surface area (Å²) < 4.78 is 0.